The molecule has 1 atom stereocenters. The van der Waals surface area contributed by atoms with E-state index in [1.165, 1.54) is 6.42 Å². The van der Waals surface area contributed by atoms with Crippen molar-refractivity contribution < 1.29 is 14.6 Å². The number of hydrogen-bond donors (Lipinski definition) is 2. The number of aliphatic hydroxyl groups excluding tert-OH is 1. The Balaban J connectivity index is 1.66. The second kappa shape index (κ2) is 8.02. The van der Waals surface area contributed by atoms with Crippen molar-refractivity contribution >= 4 is 5.91 Å². The summed E-state index contributed by atoms with van der Waals surface area (Å²) in [5, 5.41) is 11.9. The SMILES string of the molecule is O=C(Cc1ccc(CO)cc1)NCC[C@@H]1CCCOC1. The first-order valence-corrected chi connectivity index (χ1v) is 7.31. The maximum absolute atomic E-state index is 11.8. The van der Waals surface area contributed by atoms with Gasteiger partial charge in [0.1, 0.15) is 0 Å². The summed E-state index contributed by atoms with van der Waals surface area (Å²) in [6.45, 7) is 2.47. The van der Waals surface area contributed by atoms with Gasteiger partial charge in [-0.2, -0.15) is 0 Å². The Bertz CT molecular complexity index is 410. The van der Waals surface area contributed by atoms with Crippen molar-refractivity contribution in [2.24, 2.45) is 5.92 Å². The molecule has 0 spiro atoms. The third kappa shape index (κ3) is 4.94. The highest BCUT2D eigenvalue weighted by Gasteiger charge is 2.13. The van der Waals surface area contributed by atoms with Crippen LogP contribution in [0.3, 0.4) is 0 Å². The van der Waals surface area contributed by atoms with Gasteiger partial charge in [0.05, 0.1) is 13.0 Å². The highest BCUT2D eigenvalue weighted by molar-refractivity contribution is 5.78. The molecule has 4 heteroatoms. The Morgan fingerprint density at radius 2 is 2.05 bits per heavy atom. The summed E-state index contributed by atoms with van der Waals surface area (Å²) in [4.78, 5) is 11.8. The van der Waals surface area contributed by atoms with E-state index in [0.29, 0.717) is 12.3 Å². The lowest BCUT2D eigenvalue weighted by atomic mass is 9.99. The van der Waals surface area contributed by atoms with Crippen molar-refractivity contribution in [3.8, 4) is 0 Å². The average Bonchev–Trinajstić information content (AvgIpc) is 2.49. The molecule has 2 N–H and O–H groups in total. The normalized spacial score (nSPS) is 18.8. The van der Waals surface area contributed by atoms with Gasteiger partial charge in [0.25, 0.3) is 0 Å². The number of aliphatic hydroxyl groups is 1. The van der Waals surface area contributed by atoms with Crippen LogP contribution in [0.15, 0.2) is 24.3 Å². The van der Waals surface area contributed by atoms with Gasteiger partial charge in [0.15, 0.2) is 0 Å². The highest BCUT2D eigenvalue weighted by atomic mass is 16.5. The number of hydrogen-bond acceptors (Lipinski definition) is 3. The second-order valence-electron chi connectivity index (χ2n) is 5.37. The minimum atomic E-state index is 0.0376. The van der Waals surface area contributed by atoms with E-state index in [0.717, 1.165) is 43.7 Å². The molecule has 20 heavy (non-hydrogen) atoms. The van der Waals surface area contributed by atoms with Crippen LogP contribution in [-0.4, -0.2) is 30.8 Å². The molecule has 0 unspecified atom stereocenters. The van der Waals surface area contributed by atoms with E-state index >= 15 is 0 Å². The predicted molar refractivity (Wildman–Crippen MR) is 77.2 cm³/mol. The van der Waals surface area contributed by atoms with Crippen LogP contribution in [0.25, 0.3) is 0 Å². The molecule has 1 amide bonds. The van der Waals surface area contributed by atoms with E-state index in [1.54, 1.807) is 0 Å². The maximum atomic E-state index is 11.8. The molecule has 1 fully saturated rings. The highest BCUT2D eigenvalue weighted by Crippen LogP contribution is 2.16. The third-order valence-corrected chi connectivity index (χ3v) is 3.70. The van der Waals surface area contributed by atoms with Gasteiger partial charge in [-0.15, -0.1) is 0 Å². The number of amides is 1. The predicted octanol–water partition coefficient (Wildman–Crippen LogP) is 1.65. The molecule has 1 heterocycles. The van der Waals surface area contributed by atoms with Crippen LogP contribution in [-0.2, 0) is 22.6 Å². The first-order valence-electron chi connectivity index (χ1n) is 7.31. The van der Waals surface area contributed by atoms with Gasteiger partial charge in [-0.05, 0) is 36.3 Å². The van der Waals surface area contributed by atoms with Gasteiger partial charge < -0.3 is 15.2 Å². The molecule has 0 aliphatic carbocycles. The van der Waals surface area contributed by atoms with E-state index in [1.807, 2.05) is 24.3 Å². The zero-order valence-corrected chi connectivity index (χ0v) is 11.8. The molecule has 2 rings (SSSR count). The quantitative estimate of drug-likeness (QED) is 0.831. The minimum Gasteiger partial charge on any atom is -0.392 e. The summed E-state index contributed by atoms with van der Waals surface area (Å²) in [6, 6.07) is 7.48. The van der Waals surface area contributed by atoms with Crippen molar-refractivity contribution in [3.05, 3.63) is 35.4 Å². The Morgan fingerprint density at radius 1 is 1.30 bits per heavy atom. The standard InChI is InChI=1S/C16H23NO3/c18-11-14-5-3-13(4-6-14)10-16(19)17-8-7-15-2-1-9-20-12-15/h3-6,15,18H,1-2,7-12H2,(H,17,19)/t15-/m0/s1. The Hall–Kier alpha value is -1.39. The monoisotopic (exact) mass is 277 g/mol. The number of nitrogens with one attached hydrogen (secondary N) is 1. The summed E-state index contributed by atoms with van der Waals surface area (Å²) in [7, 11) is 0. The van der Waals surface area contributed by atoms with Gasteiger partial charge in [-0.1, -0.05) is 24.3 Å². The first kappa shape index (κ1) is 15.0. The molecule has 1 aliphatic heterocycles. The number of benzene rings is 1. The van der Waals surface area contributed by atoms with Crippen molar-refractivity contribution in [3.63, 3.8) is 0 Å². The topological polar surface area (TPSA) is 58.6 Å². The first-order chi connectivity index (χ1) is 9.78. The number of carbonyl (C=O) groups excluding carboxylic acids is 1. The van der Waals surface area contributed by atoms with Crippen LogP contribution in [0.4, 0.5) is 0 Å². The molecule has 4 nitrogen and oxygen atoms in total. The Morgan fingerprint density at radius 3 is 2.70 bits per heavy atom. The maximum Gasteiger partial charge on any atom is 0.224 e. The van der Waals surface area contributed by atoms with E-state index in [9.17, 15) is 4.79 Å². The van der Waals surface area contributed by atoms with E-state index < -0.39 is 0 Å². The fourth-order valence-corrected chi connectivity index (χ4v) is 2.46. The molecule has 110 valence electrons. The molecule has 0 aromatic heterocycles. The summed E-state index contributed by atoms with van der Waals surface area (Å²) >= 11 is 0. The molecule has 1 aromatic rings. The third-order valence-electron chi connectivity index (χ3n) is 3.70. The fraction of sp³-hybridized carbons (Fsp3) is 0.562. The largest absolute Gasteiger partial charge is 0.392 e. The molecule has 1 aliphatic rings. The van der Waals surface area contributed by atoms with Crippen LogP contribution in [0, 0.1) is 5.92 Å². The van der Waals surface area contributed by atoms with Crippen LogP contribution in [0.2, 0.25) is 0 Å². The van der Waals surface area contributed by atoms with Crippen LogP contribution in [0.5, 0.6) is 0 Å². The lowest BCUT2D eigenvalue weighted by Crippen LogP contribution is -2.29. The average molecular weight is 277 g/mol. The number of rotatable bonds is 6. The lowest BCUT2D eigenvalue weighted by Gasteiger charge is -2.21. The van der Waals surface area contributed by atoms with Gasteiger partial charge in [-0.3, -0.25) is 4.79 Å². The minimum absolute atomic E-state index is 0.0376. The van der Waals surface area contributed by atoms with Crippen molar-refractivity contribution in [2.75, 3.05) is 19.8 Å². The summed E-state index contributed by atoms with van der Waals surface area (Å²) in [6.07, 6.45) is 3.73. The molecule has 0 radical (unpaired) electrons. The molecule has 0 bridgehead atoms. The smallest absolute Gasteiger partial charge is 0.224 e. The van der Waals surface area contributed by atoms with E-state index in [-0.39, 0.29) is 12.5 Å². The van der Waals surface area contributed by atoms with Crippen molar-refractivity contribution in [2.45, 2.75) is 32.3 Å². The van der Waals surface area contributed by atoms with Gasteiger partial charge >= 0.3 is 0 Å². The summed E-state index contributed by atoms with van der Waals surface area (Å²) in [5.74, 6) is 0.645. The zero-order valence-electron chi connectivity index (χ0n) is 11.8. The van der Waals surface area contributed by atoms with Crippen LogP contribution < -0.4 is 5.32 Å². The molecule has 1 saturated heterocycles. The molecule has 1 aromatic carbocycles. The molecule has 0 saturated carbocycles. The van der Waals surface area contributed by atoms with Crippen molar-refractivity contribution in [1.82, 2.24) is 5.32 Å². The number of carbonyl (C=O) groups is 1. The van der Waals surface area contributed by atoms with E-state index in [4.69, 9.17) is 9.84 Å². The fourth-order valence-electron chi connectivity index (χ4n) is 2.46. The summed E-state index contributed by atoms with van der Waals surface area (Å²) in [5.41, 5.74) is 1.84. The lowest BCUT2D eigenvalue weighted by molar-refractivity contribution is -0.120. The van der Waals surface area contributed by atoms with Gasteiger partial charge in [0.2, 0.25) is 5.91 Å². The molecular formula is C16H23NO3. The number of ether oxygens (including phenoxy) is 1. The Kier molecular flexibility index (Phi) is 6.02. The van der Waals surface area contributed by atoms with Gasteiger partial charge in [-0.25, -0.2) is 0 Å². The van der Waals surface area contributed by atoms with E-state index in [2.05, 4.69) is 5.32 Å². The second-order valence-corrected chi connectivity index (χ2v) is 5.37. The zero-order chi connectivity index (χ0) is 14.2. The Labute approximate surface area is 120 Å². The summed E-state index contributed by atoms with van der Waals surface area (Å²) < 4.78 is 5.42. The van der Waals surface area contributed by atoms with Crippen molar-refractivity contribution in [1.29, 1.82) is 0 Å². The van der Waals surface area contributed by atoms with Crippen LogP contribution >= 0.6 is 0 Å². The van der Waals surface area contributed by atoms with Crippen LogP contribution in [0.1, 0.15) is 30.4 Å². The molecular weight excluding hydrogens is 254 g/mol. The van der Waals surface area contributed by atoms with Gasteiger partial charge in [0, 0.05) is 19.8 Å².